The number of methoxy groups -OCH3 is 1. The lowest BCUT2D eigenvalue weighted by atomic mass is 9.58. The minimum absolute atomic E-state index is 0.0574. The highest BCUT2D eigenvalue weighted by Gasteiger charge is 2.62. The van der Waals surface area contributed by atoms with E-state index in [1.807, 2.05) is 0 Å². The van der Waals surface area contributed by atoms with Crippen molar-refractivity contribution in [2.24, 2.45) is 5.92 Å². The van der Waals surface area contributed by atoms with E-state index in [0.29, 0.717) is 39.1 Å². The van der Waals surface area contributed by atoms with Gasteiger partial charge in [0.15, 0.2) is 23.0 Å². The summed E-state index contributed by atoms with van der Waals surface area (Å²) in [6, 6.07) is 26.0. The molecule has 194 valence electrons. The molecule has 0 unspecified atom stereocenters. The Labute approximate surface area is 224 Å². The van der Waals surface area contributed by atoms with Crippen LogP contribution in [0.3, 0.4) is 0 Å². The molecule has 0 fully saturated rings. The van der Waals surface area contributed by atoms with E-state index >= 15 is 0 Å². The first-order valence-corrected chi connectivity index (χ1v) is 12.8. The lowest BCUT2D eigenvalue weighted by molar-refractivity contribution is -0.00160. The number of ether oxygens (including phenoxy) is 1. The maximum absolute atomic E-state index is 14.4. The van der Waals surface area contributed by atoms with Gasteiger partial charge >= 0.3 is 0 Å². The number of halogens is 1. The smallest absolute Gasteiger partial charge is 0.199 e. The number of ketones is 3. The Morgan fingerprint density at radius 1 is 0.846 bits per heavy atom. The fourth-order valence-corrected chi connectivity index (χ4v) is 6.36. The molecule has 0 saturated carbocycles. The molecule has 0 aliphatic heterocycles. The lowest BCUT2D eigenvalue weighted by Crippen LogP contribution is -2.48. The number of carbonyl (C=O) groups is 3. The number of fused-ring (bicyclic) bond motifs is 5. The SMILES string of the molecule is COc1ccc(C(=O)[C@@H]2[C@@H](CC(=O)c3ccc(F)cc3)c3ccccc3[C@@]3(O)C(=O)c4ccccc4[C@@H]23)cc1. The quantitative estimate of drug-likeness (QED) is 0.322. The van der Waals surface area contributed by atoms with Crippen LogP contribution in [0.2, 0.25) is 0 Å². The Morgan fingerprint density at radius 2 is 1.46 bits per heavy atom. The van der Waals surface area contributed by atoms with Crippen molar-refractivity contribution < 1.29 is 28.6 Å². The molecule has 39 heavy (non-hydrogen) atoms. The third-order valence-corrected chi connectivity index (χ3v) is 8.15. The van der Waals surface area contributed by atoms with Gasteiger partial charge in [0.25, 0.3) is 0 Å². The molecule has 1 N–H and O–H groups in total. The summed E-state index contributed by atoms with van der Waals surface area (Å²) in [7, 11) is 1.53. The third-order valence-electron chi connectivity index (χ3n) is 8.15. The van der Waals surface area contributed by atoms with Crippen LogP contribution in [-0.4, -0.2) is 29.6 Å². The van der Waals surface area contributed by atoms with Crippen molar-refractivity contribution in [2.75, 3.05) is 7.11 Å². The summed E-state index contributed by atoms with van der Waals surface area (Å²) in [5.41, 5.74) is 0.713. The molecule has 6 rings (SSSR count). The van der Waals surface area contributed by atoms with Crippen LogP contribution in [0.4, 0.5) is 4.39 Å². The molecule has 0 spiro atoms. The van der Waals surface area contributed by atoms with Crippen molar-refractivity contribution in [1.82, 2.24) is 0 Å². The number of aliphatic hydroxyl groups is 1. The minimum Gasteiger partial charge on any atom is -0.497 e. The van der Waals surface area contributed by atoms with Crippen LogP contribution in [0, 0.1) is 11.7 Å². The summed E-state index contributed by atoms with van der Waals surface area (Å²) in [5, 5.41) is 12.3. The van der Waals surface area contributed by atoms with Gasteiger partial charge in [-0.15, -0.1) is 0 Å². The molecule has 0 heterocycles. The van der Waals surface area contributed by atoms with Crippen molar-refractivity contribution in [1.29, 1.82) is 0 Å². The van der Waals surface area contributed by atoms with Gasteiger partial charge in [-0.05, 0) is 65.2 Å². The zero-order chi connectivity index (χ0) is 27.3. The molecule has 4 atom stereocenters. The Bertz CT molecular complexity index is 1610. The first-order valence-electron chi connectivity index (χ1n) is 12.8. The van der Waals surface area contributed by atoms with E-state index in [1.165, 1.54) is 31.4 Å². The fourth-order valence-electron chi connectivity index (χ4n) is 6.36. The second kappa shape index (κ2) is 9.40. The monoisotopic (exact) mass is 520 g/mol. The zero-order valence-electron chi connectivity index (χ0n) is 21.1. The van der Waals surface area contributed by atoms with Gasteiger partial charge in [0, 0.05) is 40.9 Å². The van der Waals surface area contributed by atoms with Gasteiger partial charge < -0.3 is 9.84 Å². The predicted molar refractivity (Wildman–Crippen MR) is 143 cm³/mol. The van der Waals surface area contributed by atoms with Crippen LogP contribution in [0.15, 0.2) is 97.1 Å². The molecule has 5 nitrogen and oxygen atoms in total. The molecular weight excluding hydrogens is 495 g/mol. The van der Waals surface area contributed by atoms with E-state index in [2.05, 4.69) is 0 Å². The number of hydrogen-bond acceptors (Lipinski definition) is 5. The van der Waals surface area contributed by atoms with Gasteiger partial charge in [-0.25, -0.2) is 4.39 Å². The first-order chi connectivity index (χ1) is 18.8. The number of rotatable bonds is 6. The van der Waals surface area contributed by atoms with Crippen LogP contribution < -0.4 is 4.74 Å². The fraction of sp³-hybridized carbons (Fsp3) is 0.182. The van der Waals surface area contributed by atoms with Gasteiger partial charge in [0.1, 0.15) is 11.6 Å². The van der Waals surface area contributed by atoms with Crippen molar-refractivity contribution in [3.8, 4) is 5.75 Å². The van der Waals surface area contributed by atoms with Gasteiger partial charge in [0.05, 0.1) is 7.11 Å². The number of Topliss-reactive ketones (excluding diaryl/α,β-unsaturated/α-hetero) is 3. The summed E-state index contributed by atoms with van der Waals surface area (Å²) in [5.74, 6) is -3.31. The summed E-state index contributed by atoms with van der Waals surface area (Å²) >= 11 is 0. The average molecular weight is 521 g/mol. The van der Waals surface area contributed by atoms with Crippen LogP contribution >= 0.6 is 0 Å². The van der Waals surface area contributed by atoms with Crippen molar-refractivity contribution in [3.05, 3.63) is 136 Å². The zero-order valence-corrected chi connectivity index (χ0v) is 21.1. The molecule has 2 aliphatic carbocycles. The van der Waals surface area contributed by atoms with Crippen LogP contribution in [0.5, 0.6) is 5.75 Å². The van der Waals surface area contributed by atoms with Gasteiger partial charge in [-0.2, -0.15) is 0 Å². The van der Waals surface area contributed by atoms with Crippen LogP contribution in [0.25, 0.3) is 0 Å². The Balaban J connectivity index is 1.55. The highest BCUT2D eigenvalue weighted by molar-refractivity contribution is 6.11. The molecule has 0 saturated heterocycles. The third kappa shape index (κ3) is 3.82. The van der Waals surface area contributed by atoms with Crippen molar-refractivity contribution in [3.63, 3.8) is 0 Å². The minimum atomic E-state index is -1.96. The van der Waals surface area contributed by atoms with Crippen LogP contribution in [0.1, 0.15) is 66.0 Å². The van der Waals surface area contributed by atoms with Crippen molar-refractivity contribution in [2.45, 2.75) is 23.9 Å². The van der Waals surface area contributed by atoms with E-state index < -0.39 is 35.0 Å². The number of carbonyl (C=O) groups excluding carboxylic acids is 3. The lowest BCUT2D eigenvalue weighted by Gasteiger charge is -2.45. The second-order valence-corrected chi connectivity index (χ2v) is 10.1. The van der Waals surface area contributed by atoms with E-state index in [-0.39, 0.29) is 18.0 Å². The molecular formula is C33H25FO5. The maximum atomic E-state index is 14.4. The summed E-state index contributed by atoms with van der Waals surface area (Å²) in [6.45, 7) is 0. The van der Waals surface area contributed by atoms with E-state index in [1.54, 1.807) is 72.8 Å². The molecule has 2 aliphatic rings. The molecule has 0 aromatic heterocycles. The first kappa shape index (κ1) is 24.9. The summed E-state index contributed by atoms with van der Waals surface area (Å²) in [4.78, 5) is 41.7. The van der Waals surface area contributed by atoms with Crippen LogP contribution in [-0.2, 0) is 5.60 Å². The topological polar surface area (TPSA) is 80.7 Å². The molecule has 4 aromatic carbocycles. The van der Waals surface area contributed by atoms with Gasteiger partial charge in [-0.3, -0.25) is 14.4 Å². The summed E-state index contributed by atoms with van der Waals surface area (Å²) in [6.07, 6.45) is -0.0574. The molecule has 0 radical (unpaired) electrons. The Hall–Kier alpha value is -4.42. The number of benzene rings is 4. The summed E-state index contributed by atoms with van der Waals surface area (Å²) < 4.78 is 18.8. The Morgan fingerprint density at radius 3 is 2.15 bits per heavy atom. The van der Waals surface area contributed by atoms with E-state index in [4.69, 9.17) is 4.74 Å². The normalized spacial score (nSPS) is 22.9. The highest BCUT2D eigenvalue weighted by atomic mass is 19.1. The largest absolute Gasteiger partial charge is 0.497 e. The van der Waals surface area contributed by atoms with E-state index in [9.17, 15) is 23.9 Å². The molecule has 4 aromatic rings. The highest BCUT2D eigenvalue weighted by Crippen LogP contribution is 2.60. The molecule has 6 heteroatoms. The van der Waals surface area contributed by atoms with Gasteiger partial charge in [-0.1, -0.05) is 48.5 Å². The predicted octanol–water partition coefficient (Wildman–Crippen LogP) is 5.87. The second-order valence-electron chi connectivity index (χ2n) is 10.1. The van der Waals surface area contributed by atoms with Gasteiger partial charge in [0.2, 0.25) is 0 Å². The number of hydrogen-bond donors (Lipinski definition) is 1. The molecule has 0 bridgehead atoms. The standard InChI is InChI=1S/C33H25FO5/c1-39-22-16-12-20(13-17-22)31(36)29-26(18-28(35)19-10-14-21(34)15-11-19)23-6-4-5-9-27(23)33(38)30(29)24-7-2-3-8-25(24)32(33)37/h2-17,26,29-30,38H,18H2,1H3/t26-,29+,30-,33-/m0/s1. The van der Waals surface area contributed by atoms with E-state index in [0.717, 1.165) is 0 Å². The maximum Gasteiger partial charge on any atom is 0.199 e. The molecule has 0 amide bonds. The van der Waals surface area contributed by atoms with Crippen molar-refractivity contribution >= 4 is 17.3 Å². The Kier molecular flexibility index (Phi) is 6.00. The average Bonchev–Trinajstić information content (AvgIpc) is 3.20.